The molecule has 0 bridgehead atoms. The zero-order chi connectivity index (χ0) is 18.8. The van der Waals surface area contributed by atoms with Gasteiger partial charge in [0.15, 0.2) is 16.9 Å². The molecular weight excluding hydrogens is 332 g/mol. The molecule has 136 valence electrons. The zero-order valence-electron chi connectivity index (χ0n) is 15.2. The number of ketones is 1. The van der Waals surface area contributed by atoms with Crippen LogP contribution in [-0.2, 0) is 27.1 Å². The van der Waals surface area contributed by atoms with Gasteiger partial charge >= 0.3 is 5.69 Å². The van der Waals surface area contributed by atoms with E-state index in [-0.39, 0.29) is 23.5 Å². The minimum atomic E-state index is -0.455. The van der Waals surface area contributed by atoms with Gasteiger partial charge in [-0.25, -0.2) is 9.78 Å². The van der Waals surface area contributed by atoms with Crippen LogP contribution in [0, 0.1) is 0 Å². The maximum atomic E-state index is 12.6. The van der Waals surface area contributed by atoms with Crippen LogP contribution >= 0.6 is 0 Å². The van der Waals surface area contributed by atoms with E-state index in [1.54, 1.807) is 7.05 Å². The van der Waals surface area contributed by atoms with Crippen molar-refractivity contribution in [1.29, 1.82) is 0 Å². The lowest BCUT2D eigenvalue weighted by atomic mass is 10.0. The summed E-state index contributed by atoms with van der Waals surface area (Å²) in [5.41, 5.74) is 1.43. The molecule has 0 aliphatic carbocycles. The molecule has 26 heavy (non-hydrogen) atoms. The van der Waals surface area contributed by atoms with Crippen LogP contribution in [0.25, 0.3) is 11.2 Å². The maximum Gasteiger partial charge on any atom is 0.332 e. The predicted octanol–water partition coefficient (Wildman–Crippen LogP) is 1.66. The molecule has 3 aromatic rings. The molecular formula is C19H22N4O3. The molecule has 2 aromatic heterocycles. The number of aryl methyl sites for hydroxylation is 2. The molecule has 3 rings (SSSR count). The van der Waals surface area contributed by atoms with Crippen molar-refractivity contribution in [2.45, 2.75) is 32.7 Å². The fraction of sp³-hybridized carbons (Fsp3) is 0.368. The van der Waals surface area contributed by atoms with E-state index in [1.165, 1.54) is 28.1 Å². The standard InChI is InChI=1S/C19H22N4O3/c1-4-5-6-13-7-9-14(10-8-13)15(24)11-23-12-20-17-16(23)18(25)22(3)19(26)21(17)2/h7-10,12H,4-6,11H2,1-3H3. The van der Waals surface area contributed by atoms with Gasteiger partial charge in [0.1, 0.15) is 0 Å². The van der Waals surface area contributed by atoms with Gasteiger partial charge < -0.3 is 4.57 Å². The number of nitrogens with zero attached hydrogens (tertiary/aromatic N) is 4. The summed E-state index contributed by atoms with van der Waals surface area (Å²) in [7, 11) is 2.97. The van der Waals surface area contributed by atoms with Gasteiger partial charge in [0, 0.05) is 19.7 Å². The highest BCUT2D eigenvalue weighted by molar-refractivity contribution is 5.96. The number of rotatable bonds is 6. The van der Waals surface area contributed by atoms with Gasteiger partial charge in [-0.15, -0.1) is 0 Å². The van der Waals surface area contributed by atoms with Gasteiger partial charge in [0.25, 0.3) is 5.56 Å². The number of Topliss-reactive ketones (excluding diaryl/α,β-unsaturated/α-hetero) is 1. The average Bonchev–Trinajstić information content (AvgIpc) is 3.07. The summed E-state index contributed by atoms with van der Waals surface area (Å²) in [6, 6.07) is 7.58. The van der Waals surface area contributed by atoms with Crippen LogP contribution in [0.15, 0.2) is 40.2 Å². The van der Waals surface area contributed by atoms with Crippen LogP contribution < -0.4 is 11.2 Å². The van der Waals surface area contributed by atoms with Gasteiger partial charge in [0.2, 0.25) is 0 Å². The zero-order valence-corrected chi connectivity index (χ0v) is 15.2. The SMILES string of the molecule is CCCCc1ccc(C(=O)Cn2cnc3c2c(=O)n(C)c(=O)n3C)cc1. The van der Waals surface area contributed by atoms with Crippen LogP contribution in [0.1, 0.15) is 35.7 Å². The van der Waals surface area contributed by atoms with Crippen molar-refractivity contribution in [3.05, 3.63) is 62.6 Å². The normalized spacial score (nSPS) is 11.2. The van der Waals surface area contributed by atoms with Crippen molar-refractivity contribution in [2.24, 2.45) is 14.1 Å². The van der Waals surface area contributed by atoms with Crippen LogP contribution in [0.2, 0.25) is 0 Å². The predicted molar refractivity (Wildman–Crippen MR) is 99.6 cm³/mol. The first-order valence-electron chi connectivity index (χ1n) is 8.67. The first-order chi connectivity index (χ1) is 12.4. The Kier molecular flexibility index (Phi) is 4.88. The van der Waals surface area contributed by atoms with Gasteiger partial charge in [-0.1, -0.05) is 37.6 Å². The number of benzene rings is 1. The molecule has 7 heteroatoms. The number of unbranched alkanes of at least 4 members (excludes halogenated alkanes) is 1. The van der Waals surface area contributed by atoms with Crippen LogP contribution in [0.3, 0.4) is 0 Å². The summed E-state index contributed by atoms with van der Waals surface area (Å²) in [6.45, 7) is 2.14. The smallest absolute Gasteiger partial charge is 0.317 e. The highest BCUT2D eigenvalue weighted by Gasteiger charge is 2.16. The average molecular weight is 354 g/mol. The summed E-state index contributed by atoms with van der Waals surface area (Å²) in [4.78, 5) is 41.1. The number of hydrogen-bond acceptors (Lipinski definition) is 4. The summed E-state index contributed by atoms with van der Waals surface area (Å²) >= 11 is 0. The molecule has 0 saturated carbocycles. The number of imidazole rings is 1. The Balaban J connectivity index is 1.91. The van der Waals surface area contributed by atoms with Crippen LogP contribution in [0.4, 0.5) is 0 Å². The molecule has 0 atom stereocenters. The second-order valence-corrected chi connectivity index (χ2v) is 6.47. The molecule has 1 aromatic carbocycles. The molecule has 2 heterocycles. The van der Waals surface area contributed by atoms with E-state index in [9.17, 15) is 14.4 Å². The molecule has 0 aliphatic heterocycles. The van der Waals surface area contributed by atoms with E-state index >= 15 is 0 Å². The number of fused-ring (bicyclic) bond motifs is 1. The van der Waals surface area contributed by atoms with Crippen LogP contribution in [-0.4, -0.2) is 24.5 Å². The molecule has 0 radical (unpaired) electrons. The van der Waals surface area contributed by atoms with E-state index < -0.39 is 11.2 Å². The maximum absolute atomic E-state index is 12.6. The monoisotopic (exact) mass is 354 g/mol. The van der Waals surface area contributed by atoms with Gasteiger partial charge in [-0.2, -0.15) is 0 Å². The summed E-state index contributed by atoms with van der Waals surface area (Å²) < 4.78 is 3.83. The highest BCUT2D eigenvalue weighted by atomic mass is 16.2. The van der Waals surface area contributed by atoms with E-state index in [0.29, 0.717) is 5.56 Å². The minimum absolute atomic E-state index is 0.00174. The molecule has 0 unspecified atom stereocenters. The van der Waals surface area contributed by atoms with Crippen molar-refractivity contribution < 1.29 is 4.79 Å². The number of carbonyl (C=O) groups excluding carboxylic acids is 1. The quantitative estimate of drug-likeness (QED) is 0.631. The lowest BCUT2D eigenvalue weighted by Crippen LogP contribution is -2.37. The van der Waals surface area contributed by atoms with E-state index in [4.69, 9.17) is 0 Å². The Hall–Kier alpha value is -2.96. The molecule has 0 fully saturated rings. The van der Waals surface area contributed by atoms with Crippen molar-refractivity contribution in [1.82, 2.24) is 18.7 Å². The third-order valence-electron chi connectivity index (χ3n) is 4.63. The van der Waals surface area contributed by atoms with Crippen molar-refractivity contribution in [3.8, 4) is 0 Å². The first kappa shape index (κ1) is 17.8. The van der Waals surface area contributed by atoms with Crippen molar-refractivity contribution in [2.75, 3.05) is 0 Å². The fourth-order valence-electron chi connectivity index (χ4n) is 3.00. The topological polar surface area (TPSA) is 78.9 Å². The lowest BCUT2D eigenvalue weighted by Gasteiger charge is -2.07. The van der Waals surface area contributed by atoms with E-state index in [1.807, 2.05) is 24.3 Å². The van der Waals surface area contributed by atoms with Gasteiger partial charge in [0.05, 0.1) is 12.9 Å². The number of aromatic nitrogens is 4. The molecule has 0 amide bonds. The first-order valence-corrected chi connectivity index (χ1v) is 8.67. The summed E-state index contributed by atoms with van der Waals surface area (Å²) in [5, 5.41) is 0. The summed E-state index contributed by atoms with van der Waals surface area (Å²) in [6.07, 6.45) is 4.68. The highest BCUT2D eigenvalue weighted by Crippen LogP contribution is 2.11. The van der Waals surface area contributed by atoms with Crippen molar-refractivity contribution in [3.63, 3.8) is 0 Å². The molecule has 0 saturated heterocycles. The number of carbonyl (C=O) groups is 1. The molecule has 7 nitrogen and oxygen atoms in total. The van der Waals surface area contributed by atoms with Gasteiger partial charge in [-0.05, 0) is 18.4 Å². The second-order valence-electron chi connectivity index (χ2n) is 6.47. The van der Waals surface area contributed by atoms with Gasteiger partial charge in [-0.3, -0.25) is 18.7 Å². The Morgan fingerprint density at radius 3 is 2.42 bits per heavy atom. The lowest BCUT2D eigenvalue weighted by molar-refractivity contribution is 0.0973. The third-order valence-corrected chi connectivity index (χ3v) is 4.63. The fourth-order valence-corrected chi connectivity index (χ4v) is 3.00. The van der Waals surface area contributed by atoms with Crippen LogP contribution in [0.5, 0.6) is 0 Å². The molecule has 0 aliphatic rings. The number of hydrogen-bond donors (Lipinski definition) is 0. The Bertz CT molecular complexity index is 1070. The molecule has 0 spiro atoms. The Labute approximate surface area is 150 Å². The summed E-state index contributed by atoms with van der Waals surface area (Å²) in [5.74, 6) is -0.109. The second kappa shape index (κ2) is 7.11. The van der Waals surface area contributed by atoms with E-state index in [0.717, 1.165) is 23.8 Å². The Morgan fingerprint density at radius 2 is 1.77 bits per heavy atom. The Morgan fingerprint density at radius 1 is 1.08 bits per heavy atom. The molecule has 0 N–H and O–H groups in total. The largest absolute Gasteiger partial charge is 0.332 e. The third kappa shape index (κ3) is 3.12. The van der Waals surface area contributed by atoms with Crippen molar-refractivity contribution >= 4 is 16.9 Å². The minimum Gasteiger partial charge on any atom is -0.317 e. The van der Waals surface area contributed by atoms with E-state index in [2.05, 4.69) is 11.9 Å².